The Kier molecular flexibility index (Phi) is 7.82. The van der Waals surface area contributed by atoms with Crippen LogP contribution in [-0.2, 0) is 23.9 Å². The maximum atomic E-state index is 13.9. The molecule has 0 aromatic heterocycles. The summed E-state index contributed by atoms with van der Waals surface area (Å²) in [6.07, 6.45) is 8.81. The fourth-order valence-electron chi connectivity index (χ4n) is 6.37. The average Bonchev–Trinajstić information content (AvgIpc) is 3.49. The SMILES string of the molecule is CCOCCCN1C(=O)[C@H]2[C@H](C(=O)Nc3cc(Cl)cc(Cl)c3)[C@H]3C=C[C@@]2(O3)[C@@H]1C(=O)NC1CCCCC1. The van der Waals surface area contributed by atoms with E-state index >= 15 is 0 Å². The summed E-state index contributed by atoms with van der Waals surface area (Å²) in [6, 6.07) is 4.02. The van der Waals surface area contributed by atoms with Crippen molar-refractivity contribution < 1.29 is 23.9 Å². The summed E-state index contributed by atoms with van der Waals surface area (Å²) in [5, 5.41) is 6.82. The van der Waals surface area contributed by atoms with Crippen molar-refractivity contribution in [1.29, 1.82) is 0 Å². The van der Waals surface area contributed by atoms with Crippen LogP contribution in [0.15, 0.2) is 30.4 Å². The van der Waals surface area contributed by atoms with E-state index in [-0.39, 0.29) is 23.8 Å². The third-order valence-corrected chi connectivity index (χ3v) is 8.33. The Morgan fingerprint density at radius 3 is 2.57 bits per heavy atom. The molecule has 3 aliphatic heterocycles. The molecule has 200 valence electrons. The highest BCUT2D eigenvalue weighted by Crippen LogP contribution is 2.55. The Labute approximate surface area is 227 Å². The van der Waals surface area contributed by atoms with Crippen molar-refractivity contribution in [2.45, 2.75) is 69.2 Å². The Bertz CT molecular complexity index is 1070. The van der Waals surface area contributed by atoms with E-state index in [2.05, 4.69) is 10.6 Å². The summed E-state index contributed by atoms with van der Waals surface area (Å²) >= 11 is 12.2. The number of nitrogens with one attached hydrogen (secondary N) is 2. The average molecular weight is 550 g/mol. The second-order valence-corrected chi connectivity index (χ2v) is 11.1. The van der Waals surface area contributed by atoms with E-state index < -0.39 is 29.6 Å². The number of carbonyl (C=O) groups is 3. The number of rotatable bonds is 9. The summed E-state index contributed by atoms with van der Waals surface area (Å²) in [6.45, 7) is 3.32. The number of likely N-dealkylation sites (tertiary alicyclic amines) is 1. The molecule has 8 nitrogen and oxygen atoms in total. The number of anilines is 1. The van der Waals surface area contributed by atoms with Gasteiger partial charge < -0.3 is 25.0 Å². The molecule has 10 heteroatoms. The lowest BCUT2D eigenvalue weighted by Gasteiger charge is -2.34. The summed E-state index contributed by atoms with van der Waals surface area (Å²) in [5.41, 5.74) is -0.742. The lowest BCUT2D eigenvalue weighted by atomic mass is 9.74. The quantitative estimate of drug-likeness (QED) is 0.359. The number of benzene rings is 1. The molecule has 5 atom stereocenters. The molecule has 3 amide bonds. The van der Waals surface area contributed by atoms with Gasteiger partial charge in [0.2, 0.25) is 17.7 Å². The van der Waals surface area contributed by atoms with Gasteiger partial charge in [-0.3, -0.25) is 14.4 Å². The van der Waals surface area contributed by atoms with Crippen LogP contribution in [-0.4, -0.2) is 66.2 Å². The Hall–Kier alpha value is -2.13. The number of fused-ring (bicyclic) bond motifs is 1. The molecule has 1 saturated carbocycles. The van der Waals surface area contributed by atoms with Gasteiger partial charge in [-0.1, -0.05) is 54.6 Å². The number of carbonyl (C=O) groups excluding carboxylic acids is 3. The van der Waals surface area contributed by atoms with Gasteiger partial charge in [-0.25, -0.2) is 0 Å². The van der Waals surface area contributed by atoms with Gasteiger partial charge in [-0.2, -0.15) is 0 Å². The summed E-state index contributed by atoms with van der Waals surface area (Å²) < 4.78 is 11.9. The highest BCUT2D eigenvalue weighted by atomic mass is 35.5. The van der Waals surface area contributed by atoms with E-state index in [0.717, 1.165) is 25.7 Å². The Balaban J connectivity index is 1.41. The molecule has 5 rings (SSSR count). The van der Waals surface area contributed by atoms with Gasteiger partial charge in [0.25, 0.3) is 0 Å². The molecule has 1 aliphatic carbocycles. The summed E-state index contributed by atoms with van der Waals surface area (Å²) in [4.78, 5) is 42.7. The zero-order valence-electron chi connectivity index (χ0n) is 20.9. The molecular formula is C27H33Cl2N3O5. The molecular weight excluding hydrogens is 517 g/mol. The minimum atomic E-state index is -1.18. The van der Waals surface area contributed by atoms with Gasteiger partial charge in [0.1, 0.15) is 11.6 Å². The molecule has 3 heterocycles. The van der Waals surface area contributed by atoms with E-state index in [9.17, 15) is 14.4 Å². The first-order valence-corrected chi connectivity index (χ1v) is 13.9. The van der Waals surface area contributed by atoms with Crippen molar-refractivity contribution in [3.05, 3.63) is 40.4 Å². The molecule has 37 heavy (non-hydrogen) atoms. The van der Waals surface area contributed by atoms with Crippen molar-refractivity contribution in [2.24, 2.45) is 11.8 Å². The number of halogens is 2. The van der Waals surface area contributed by atoms with Gasteiger partial charge in [0.05, 0.1) is 17.9 Å². The van der Waals surface area contributed by atoms with Gasteiger partial charge in [-0.05, 0) is 44.4 Å². The van der Waals surface area contributed by atoms with Gasteiger partial charge in [0, 0.05) is 41.5 Å². The zero-order valence-corrected chi connectivity index (χ0v) is 22.4. The first-order valence-electron chi connectivity index (χ1n) is 13.2. The van der Waals surface area contributed by atoms with Gasteiger partial charge >= 0.3 is 0 Å². The first kappa shape index (κ1) is 26.5. The fraction of sp³-hybridized carbons (Fsp3) is 0.593. The van der Waals surface area contributed by atoms with E-state index in [1.807, 2.05) is 19.1 Å². The molecule has 4 aliphatic rings. The van der Waals surface area contributed by atoms with Crippen LogP contribution in [0, 0.1) is 11.8 Å². The van der Waals surface area contributed by atoms with Gasteiger partial charge in [-0.15, -0.1) is 0 Å². The number of ether oxygens (including phenoxy) is 2. The maximum absolute atomic E-state index is 13.9. The first-order chi connectivity index (χ1) is 17.8. The van der Waals surface area contributed by atoms with Crippen LogP contribution in [0.4, 0.5) is 5.69 Å². The van der Waals surface area contributed by atoms with Crippen LogP contribution in [0.2, 0.25) is 10.0 Å². The summed E-state index contributed by atoms with van der Waals surface area (Å²) in [7, 11) is 0. The number of amides is 3. The molecule has 1 aromatic carbocycles. The van der Waals surface area contributed by atoms with Crippen molar-refractivity contribution >= 4 is 46.6 Å². The van der Waals surface area contributed by atoms with Crippen LogP contribution in [0.3, 0.4) is 0 Å². The standard InChI is InChI=1S/C27H33Cl2N3O5/c1-2-36-12-6-11-32-23(25(34)30-18-7-4-3-5-8-18)27-10-9-20(37-27)21(22(27)26(32)35)24(33)31-19-14-16(28)13-17(29)15-19/h9-10,13-15,18,20-23H,2-8,11-12H2,1H3,(H,30,34)(H,31,33)/t20-,21-,22-,23+,27+/m1/s1. The van der Waals surface area contributed by atoms with Crippen LogP contribution in [0.1, 0.15) is 45.4 Å². The molecule has 0 radical (unpaired) electrons. The van der Waals surface area contributed by atoms with Crippen molar-refractivity contribution in [2.75, 3.05) is 25.1 Å². The predicted molar refractivity (Wildman–Crippen MR) is 140 cm³/mol. The highest BCUT2D eigenvalue weighted by molar-refractivity contribution is 6.35. The fourth-order valence-corrected chi connectivity index (χ4v) is 6.89. The van der Waals surface area contributed by atoms with Crippen LogP contribution in [0.5, 0.6) is 0 Å². The Morgan fingerprint density at radius 1 is 1.14 bits per heavy atom. The Morgan fingerprint density at radius 2 is 1.86 bits per heavy atom. The molecule has 0 unspecified atom stereocenters. The zero-order chi connectivity index (χ0) is 26.2. The maximum Gasteiger partial charge on any atom is 0.246 e. The normalized spacial score (nSPS) is 30.6. The highest BCUT2D eigenvalue weighted by Gasteiger charge is 2.72. The van der Waals surface area contributed by atoms with E-state index in [4.69, 9.17) is 32.7 Å². The monoisotopic (exact) mass is 549 g/mol. The summed E-state index contributed by atoms with van der Waals surface area (Å²) in [5.74, 6) is -2.40. The molecule has 2 saturated heterocycles. The number of hydrogen-bond acceptors (Lipinski definition) is 5. The van der Waals surface area contributed by atoms with Crippen LogP contribution >= 0.6 is 23.2 Å². The third-order valence-electron chi connectivity index (χ3n) is 7.90. The molecule has 2 bridgehead atoms. The number of hydrogen-bond donors (Lipinski definition) is 2. The van der Waals surface area contributed by atoms with E-state index in [0.29, 0.717) is 41.9 Å². The third kappa shape index (κ3) is 5.01. The van der Waals surface area contributed by atoms with Crippen molar-refractivity contribution in [3.63, 3.8) is 0 Å². The molecule has 2 N–H and O–H groups in total. The second-order valence-electron chi connectivity index (χ2n) is 10.3. The molecule has 3 fully saturated rings. The van der Waals surface area contributed by atoms with E-state index in [1.165, 1.54) is 6.42 Å². The predicted octanol–water partition coefficient (Wildman–Crippen LogP) is 3.96. The minimum absolute atomic E-state index is 0.0892. The largest absolute Gasteiger partial charge is 0.382 e. The van der Waals surface area contributed by atoms with E-state index in [1.54, 1.807) is 23.1 Å². The topological polar surface area (TPSA) is 97.0 Å². The number of nitrogens with zero attached hydrogens (tertiary/aromatic N) is 1. The minimum Gasteiger partial charge on any atom is -0.382 e. The second kappa shape index (κ2) is 10.9. The van der Waals surface area contributed by atoms with Crippen molar-refractivity contribution in [3.8, 4) is 0 Å². The lowest BCUT2D eigenvalue weighted by Crippen LogP contribution is -2.56. The van der Waals surface area contributed by atoms with Crippen LogP contribution < -0.4 is 10.6 Å². The smallest absolute Gasteiger partial charge is 0.246 e. The molecule has 1 spiro atoms. The van der Waals surface area contributed by atoms with Crippen LogP contribution in [0.25, 0.3) is 0 Å². The van der Waals surface area contributed by atoms with Gasteiger partial charge in [0.15, 0.2) is 0 Å². The van der Waals surface area contributed by atoms with Crippen molar-refractivity contribution in [1.82, 2.24) is 10.2 Å². The lowest BCUT2D eigenvalue weighted by molar-refractivity contribution is -0.141. The molecule has 1 aromatic rings.